The Morgan fingerprint density at radius 1 is 1.41 bits per heavy atom. The first kappa shape index (κ1) is 23.1. The number of aromatic nitrogens is 1. The number of rotatable bonds is 6. The highest BCUT2D eigenvalue weighted by Gasteiger charge is 2.37. The molecule has 0 unspecified atom stereocenters. The number of piperidine rings is 1. The molecule has 1 aromatic rings. The fourth-order valence-corrected chi connectivity index (χ4v) is 4.11. The highest BCUT2D eigenvalue weighted by atomic mass is 28.4. The molecule has 0 radical (unpaired) electrons. The Morgan fingerprint density at radius 3 is 2.62 bits per heavy atom. The lowest BCUT2D eigenvalue weighted by molar-refractivity contribution is -0.384. The summed E-state index contributed by atoms with van der Waals surface area (Å²) < 4.78 is 11.4. The summed E-state index contributed by atoms with van der Waals surface area (Å²) in [4.78, 5) is 28.4. The molecule has 0 saturated carbocycles. The van der Waals surface area contributed by atoms with Crippen LogP contribution < -0.4 is 10.6 Å². The average molecular weight is 425 g/mol. The van der Waals surface area contributed by atoms with Gasteiger partial charge < -0.3 is 19.8 Å². The van der Waals surface area contributed by atoms with E-state index < -0.39 is 25.4 Å². The number of primary amides is 1. The second-order valence-corrected chi connectivity index (χ2v) is 14.1. The topological polar surface area (TPSA) is 121 Å². The first-order chi connectivity index (χ1) is 13.3. The van der Waals surface area contributed by atoms with Crippen molar-refractivity contribution in [2.24, 2.45) is 11.7 Å². The summed E-state index contributed by atoms with van der Waals surface area (Å²) >= 11 is 0. The first-order valence-corrected chi connectivity index (χ1v) is 12.7. The van der Waals surface area contributed by atoms with Crippen LogP contribution in [0, 0.1) is 16.0 Å². The Bertz CT molecular complexity index is 765. The van der Waals surface area contributed by atoms with Gasteiger partial charge in [-0.3, -0.25) is 15.1 Å². The minimum Gasteiger partial charge on any atom is -0.445 e. The van der Waals surface area contributed by atoms with Crippen molar-refractivity contribution in [3.05, 3.63) is 28.1 Å². The maximum atomic E-state index is 11.6. The Labute approximate surface area is 172 Å². The Morgan fingerprint density at radius 2 is 2.07 bits per heavy atom. The molecule has 1 aliphatic rings. The van der Waals surface area contributed by atoms with Crippen molar-refractivity contribution in [1.29, 1.82) is 0 Å². The van der Waals surface area contributed by atoms with E-state index in [1.54, 1.807) is 6.07 Å². The standard InChI is InChI=1S/C19H32N4O5Si/c1-13-7-15(28-18(20)24)11-22(10-13)16-8-14(21-9-17(16)23(25)26)12-27-29(5,6)19(2,3)4/h8-9,13,15H,7,10-12H2,1-6H3,(H2,20,24)/t13-,15+/m1/s1. The van der Waals surface area contributed by atoms with Crippen molar-refractivity contribution in [3.8, 4) is 0 Å². The van der Waals surface area contributed by atoms with E-state index in [2.05, 4.69) is 38.8 Å². The molecular weight excluding hydrogens is 392 g/mol. The van der Waals surface area contributed by atoms with Crippen LogP contribution in [0.1, 0.15) is 39.8 Å². The molecule has 162 valence electrons. The van der Waals surface area contributed by atoms with Crippen LogP contribution in [-0.2, 0) is 15.8 Å². The molecule has 1 aliphatic heterocycles. The number of pyridine rings is 1. The second kappa shape index (κ2) is 8.66. The van der Waals surface area contributed by atoms with E-state index in [1.165, 1.54) is 6.20 Å². The van der Waals surface area contributed by atoms with Gasteiger partial charge in [0.15, 0.2) is 8.32 Å². The second-order valence-electron chi connectivity index (χ2n) is 9.28. The van der Waals surface area contributed by atoms with Crippen LogP contribution in [0.5, 0.6) is 0 Å². The SMILES string of the molecule is C[C@@H]1C[C@H](OC(N)=O)CN(c2cc(CO[Si](C)(C)C(C)(C)C)ncc2[N+](=O)[O-])C1. The molecule has 10 heteroatoms. The van der Waals surface area contributed by atoms with Crippen molar-refractivity contribution in [3.63, 3.8) is 0 Å². The van der Waals surface area contributed by atoms with E-state index in [4.69, 9.17) is 14.9 Å². The van der Waals surface area contributed by atoms with Crippen LogP contribution >= 0.6 is 0 Å². The molecule has 29 heavy (non-hydrogen) atoms. The van der Waals surface area contributed by atoms with Crippen molar-refractivity contribution in [2.75, 3.05) is 18.0 Å². The van der Waals surface area contributed by atoms with Gasteiger partial charge in [-0.05, 0) is 36.5 Å². The van der Waals surface area contributed by atoms with Gasteiger partial charge in [-0.25, -0.2) is 4.79 Å². The van der Waals surface area contributed by atoms with Gasteiger partial charge in [-0.2, -0.15) is 0 Å². The van der Waals surface area contributed by atoms with Crippen LogP contribution in [0.2, 0.25) is 18.1 Å². The monoisotopic (exact) mass is 424 g/mol. The number of hydrogen-bond donors (Lipinski definition) is 1. The van der Waals surface area contributed by atoms with Gasteiger partial charge in [0, 0.05) is 6.54 Å². The van der Waals surface area contributed by atoms with Gasteiger partial charge in [0.05, 0.1) is 23.8 Å². The third-order valence-corrected chi connectivity index (χ3v) is 10.2. The molecule has 2 N–H and O–H groups in total. The normalized spacial score (nSPS) is 20.4. The van der Waals surface area contributed by atoms with E-state index >= 15 is 0 Å². The molecule has 1 saturated heterocycles. The summed E-state index contributed by atoms with van der Waals surface area (Å²) in [5.41, 5.74) is 6.19. The molecule has 0 aliphatic carbocycles. The summed E-state index contributed by atoms with van der Waals surface area (Å²) in [5.74, 6) is 0.188. The van der Waals surface area contributed by atoms with Crippen molar-refractivity contribution in [1.82, 2.24) is 4.98 Å². The lowest BCUT2D eigenvalue weighted by Gasteiger charge is -2.37. The number of nitro groups is 1. The van der Waals surface area contributed by atoms with Gasteiger partial charge in [0.2, 0.25) is 0 Å². The van der Waals surface area contributed by atoms with E-state index in [9.17, 15) is 14.9 Å². The number of hydrogen-bond acceptors (Lipinski definition) is 7. The smallest absolute Gasteiger partial charge is 0.404 e. The number of nitrogens with zero attached hydrogens (tertiary/aromatic N) is 3. The molecule has 9 nitrogen and oxygen atoms in total. The molecule has 1 fully saturated rings. The zero-order chi connectivity index (χ0) is 22.0. The third-order valence-electron chi connectivity index (χ3n) is 5.75. The molecule has 0 bridgehead atoms. The number of ether oxygens (including phenoxy) is 1. The minimum absolute atomic E-state index is 0.0538. The molecular formula is C19H32N4O5Si. The van der Waals surface area contributed by atoms with Crippen LogP contribution in [-0.4, -0.2) is 43.5 Å². The van der Waals surface area contributed by atoms with E-state index in [-0.39, 0.29) is 16.6 Å². The number of nitrogens with two attached hydrogens (primary N) is 1. The lowest BCUT2D eigenvalue weighted by Crippen LogP contribution is -2.45. The molecule has 2 heterocycles. The van der Waals surface area contributed by atoms with E-state index in [1.807, 2.05) is 11.8 Å². The number of carbonyl (C=O) groups excluding carboxylic acids is 1. The molecule has 2 atom stereocenters. The minimum atomic E-state index is -1.98. The maximum Gasteiger partial charge on any atom is 0.404 e. The summed E-state index contributed by atoms with van der Waals surface area (Å²) in [7, 11) is -1.98. The zero-order valence-electron chi connectivity index (χ0n) is 18.1. The highest BCUT2D eigenvalue weighted by Crippen LogP contribution is 2.38. The predicted molar refractivity (Wildman–Crippen MR) is 113 cm³/mol. The number of carbonyl (C=O) groups is 1. The lowest BCUT2D eigenvalue weighted by atomic mass is 9.97. The molecule has 1 amide bonds. The van der Waals surface area contributed by atoms with Crippen molar-refractivity contribution in [2.45, 2.75) is 65.0 Å². The summed E-state index contributed by atoms with van der Waals surface area (Å²) in [6.45, 7) is 14.0. The molecule has 1 aromatic heterocycles. The first-order valence-electron chi connectivity index (χ1n) is 9.78. The van der Waals surface area contributed by atoms with Crippen LogP contribution in [0.25, 0.3) is 0 Å². The number of amides is 1. The number of anilines is 1. The van der Waals surface area contributed by atoms with Crippen LogP contribution in [0.3, 0.4) is 0 Å². The average Bonchev–Trinajstić information content (AvgIpc) is 2.57. The van der Waals surface area contributed by atoms with E-state index in [0.29, 0.717) is 37.5 Å². The van der Waals surface area contributed by atoms with Crippen LogP contribution in [0.15, 0.2) is 12.3 Å². The molecule has 0 spiro atoms. The van der Waals surface area contributed by atoms with Gasteiger partial charge in [-0.15, -0.1) is 0 Å². The quantitative estimate of drug-likeness (QED) is 0.418. The zero-order valence-corrected chi connectivity index (χ0v) is 19.1. The van der Waals surface area contributed by atoms with Gasteiger partial charge >= 0.3 is 11.8 Å². The van der Waals surface area contributed by atoms with Gasteiger partial charge in [0.25, 0.3) is 0 Å². The predicted octanol–water partition coefficient (Wildman–Crippen LogP) is 3.82. The fourth-order valence-electron chi connectivity index (χ4n) is 3.16. The largest absolute Gasteiger partial charge is 0.445 e. The fraction of sp³-hybridized carbons (Fsp3) is 0.684. The highest BCUT2D eigenvalue weighted by molar-refractivity contribution is 6.74. The molecule has 2 rings (SSSR count). The third kappa shape index (κ3) is 5.89. The van der Waals surface area contributed by atoms with Crippen molar-refractivity contribution >= 4 is 25.8 Å². The Kier molecular flexibility index (Phi) is 6.89. The Hall–Kier alpha value is -2.20. The van der Waals surface area contributed by atoms with Crippen molar-refractivity contribution < 1.29 is 18.9 Å². The van der Waals surface area contributed by atoms with Gasteiger partial charge in [0.1, 0.15) is 18.0 Å². The van der Waals surface area contributed by atoms with Gasteiger partial charge in [-0.1, -0.05) is 27.7 Å². The summed E-state index contributed by atoms with van der Waals surface area (Å²) in [6.07, 6.45) is 0.704. The maximum absolute atomic E-state index is 11.6. The van der Waals surface area contributed by atoms with E-state index in [0.717, 1.165) is 0 Å². The molecule has 0 aromatic carbocycles. The van der Waals surface area contributed by atoms with Crippen LogP contribution in [0.4, 0.5) is 16.2 Å². The summed E-state index contributed by atoms with van der Waals surface area (Å²) in [5, 5.41) is 11.6. The summed E-state index contributed by atoms with van der Waals surface area (Å²) in [6, 6.07) is 1.71. The Balaban J connectivity index is 2.28.